The molecule has 1 aromatic heterocycles. The van der Waals surface area contributed by atoms with E-state index in [-0.39, 0.29) is 31.1 Å². The minimum Gasteiger partial charge on any atom is -0.347 e. The molecule has 0 saturated heterocycles. The SMILES string of the molecule is CSCc1noc(CNC(=O)CCC(=O)c2ccccc2)n1. The van der Waals surface area contributed by atoms with E-state index in [9.17, 15) is 9.59 Å². The number of hydrogen-bond donors (Lipinski definition) is 1. The Morgan fingerprint density at radius 1 is 1.23 bits per heavy atom. The van der Waals surface area contributed by atoms with Gasteiger partial charge in [-0.2, -0.15) is 16.7 Å². The van der Waals surface area contributed by atoms with E-state index in [1.165, 1.54) is 0 Å². The van der Waals surface area contributed by atoms with E-state index < -0.39 is 0 Å². The molecule has 0 radical (unpaired) electrons. The zero-order chi connectivity index (χ0) is 15.8. The number of aromatic nitrogens is 2. The van der Waals surface area contributed by atoms with Crippen molar-refractivity contribution in [3.63, 3.8) is 0 Å². The summed E-state index contributed by atoms with van der Waals surface area (Å²) < 4.78 is 5.01. The second kappa shape index (κ2) is 8.33. The predicted octanol–water partition coefficient (Wildman–Crippen LogP) is 2.21. The molecular weight excluding hydrogens is 302 g/mol. The van der Waals surface area contributed by atoms with Crippen LogP contribution in [0.5, 0.6) is 0 Å². The lowest BCUT2D eigenvalue weighted by atomic mass is 10.1. The van der Waals surface area contributed by atoms with Gasteiger partial charge in [0.15, 0.2) is 11.6 Å². The Balaban J connectivity index is 1.72. The van der Waals surface area contributed by atoms with Crippen LogP contribution < -0.4 is 5.32 Å². The molecule has 0 saturated carbocycles. The Morgan fingerprint density at radius 2 is 2.00 bits per heavy atom. The number of thioether (sulfide) groups is 1. The molecular formula is C15H17N3O3S. The summed E-state index contributed by atoms with van der Waals surface area (Å²) in [5.41, 5.74) is 0.619. The van der Waals surface area contributed by atoms with Gasteiger partial charge in [-0.3, -0.25) is 9.59 Å². The molecule has 1 amide bonds. The zero-order valence-electron chi connectivity index (χ0n) is 12.2. The minimum absolute atomic E-state index is 0.0456. The zero-order valence-corrected chi connectivity index (χ0v) is 13.1. The number of ketones is 1. The summed E-state index contributed by atoms with van der Waals surface area (Å²) in [6.45, 7) is 0.180. The van der Waals surface area contributed by atoms with Crippen LogP contribution in [-0.2, 0) is 17.1 Å². The van der Waals surface area contributed by atoms with Crippen LogP contribution in [0.1, 0.15) is 34.9 Å². The van der Waals surface area contributed by atoms with Crippen molar-refractivity contribution >= 4 is 23.5 Å². The molecule has 1 N–H and O–H groups in total. The maximum Gasteiger partial charge on any atom is 0.246 e. The number of Topliss-reactive ketones (excluding diaryl/α,β-unsaturated/α-hetero) is 1. The Kier molecular flexibility index (Phi) is 6.14. The number of carbonyl (C=O) groups is 2. The molecule has 2 aromatic rings. The Bertz CT molecular complexity index is 628. The molecule has 7 heteroatoms. The average molecular weight is 319 g/mol. The topological polar surface area (TPSA) is 85.1 Å². The van der Waals surface area contributed by atoms with Crippen molar-refractivity contribution in [3.8, 4) is 0 Å². The Hall–Kier alpha value is -2.15. The van der Waals surface area contributed by atoms with Crippen molar-refractivity contribution in [1.82, 2.24) is 15.5 Å². The van der Waals surface area contributed by atoms with Crippen LogP contribution in [0.15, 0.2) is 34.9 Å². The van der Waals surface area contributed by atoms with Crippen molar-refractivity contribution in [2.75, 3.05) is 6.26 Å². The van der Waals surface area contributed by atoms with Gasteiger partial charge in [-0.05, 0) is 6.26 Å². The smallest absolute Gasteiger partial charge is 0.246 e. The molecule has 0 aliphatic carbocycles. The van der Waals surface area contributed by atoms with Gasteiger partial charge in [0.2, 0.25) is 11.8 Å². The monoisotopic (exact) mass is 319 g/mol. The van der Waals surface area contributed by atoms with Gasteiger partial charge >= 0.3 is 0 Å². The molecule has 0 bridgehead atoms. The highest BCUT2D eigenvalue weighted by Crippen LogP contribution is 2.06. The Labute approximate surface area is 132 Å². The van der Waals surface area contributed by atoms with Gasteiger partial charge in [0.05, 0.1) is 12.3 Å². The summed E-state index contributed by atoms with van der Waals surface area (Å²) in [5, 5.41) is 6.45. The number of rotatable bonds is 8. The largest absolute Gasteiger partial charge is 0.347 e. The van der Waals surface area contributed by atoms with E-state index in [4.69, 9.17) is 4.52 Å². The van der Waals surface area contributed by atoms with E-state index in [0.29, 0.717) is 23.0 Å². The summed E-state index contributed by atoms with van der Waals surface area (Å²) in [4.78, 5) is 27.7. The highest BCUT2D eigenvalue weighted by Gasteiger charge is 2.11. The number of nitrogens with one attached hydrogen (secondary N) is 1. The van der Waals surface area contributed by atoms with Crippen LogP contribution in [0.25, 0.3) is 0 Å². The third-order valence-electron chi connectivity index (χ3n) is 2.90. The molecule has 116 valence electrons. The van der Waals surface area contributed by atoms with Crippen LogP contribution in [-0.4, -0.2) is 28.1 Å². The first-order valence-electron chi connectivity index (χ1n) is 6.84. The maximum atomic E-state index is 11.9. The normalized spacial score (nSPS) is 10.4. The number of nitrogens with zero attached hydrogens (tertiary/aromatic N) is 2. The highest BCUT2D eigenvalue weighted by molar-refractivity contribution is 7.97. The fraction of sp³-hybridized carbons (Fsp3) is 0.333. The van der Waals surface area contributed by atoms with Crippen LogP contribution in [0.3, 0.4) is 0 Å². The Morgan fingerprint density at radius 3 is 2.73 bits per heavy atom. The third-order valence-corrected chi connectivity index (χ3v) is 3.44. The van der Waals surface area contributed by atoms with Crippen LogP contribution >= 0.6 is 11.8 Å². The average Bonchev–Trinajstić information content (AvgIpc) is 2.99. The fourth-order valence-electron chi connectivity index (χ4n) is 1.81. The van der Waals surface area contributed by atoms with Crippen molar-refractivity contribution in [2.45, 2.75) is 25.1 Å². The van der Waals surface area contributed by atoms with Gasteiger partial charge in [0.1, 0.15) is 0 Å². The van der Waals surface area contributed by atoms with Crippen molar-refractivity contribution in [3.05, 3.63) is 47.6 Å². The summed E-state index contributed by atoms with van der Waals surface area (Å²) in [6, 6.07) is 8.93. The van der Waals surface area contributed by atoms with Crippen molar-refractivity contribution in [1.29, 1.82) is 0 Å². The van der Waals surface area contributed by atoms with E-state index in [0.717, 1.165) is 0 Å². The molecule has 0 spiro atoms. The molecule has 0 fully saturated rings. The van der Waals surface area contributed by atoms with Crippen molar-refractivity contribution in [2.24, 2.45) is 0 Å². The van der Waals surface area contributed by atoms with E-state index in [2.05, 4.69) is 15.5 Å². The lowest BCUT2D eigenvalue weighted by Crippen LogP contribution is -2.23. The quantitative estimate of drug-likeness (QED) is 0.751. The molecule has 0 aliphatic rings. The highest BCUT2D eigenvalue weighted by atomic mass is 32.2. The fourth-order valence-corrected chi connectivity index (χ4v) is 2.18. The lowest BCUT2D eigenvalue weighted by molar-refractivity contribution is -0.121. The van der Waals surface area contributed by atoms with Gasteiger partial charge in [-0.15, -0.1) is 0 Å². The molecule has 0 aliphatic heterocycles. The molecule has 0 unspecified atom stereocenters. The second-order valence-electron chi connectivity index (χ2n) is 4.60. The number of hydrogen-bond acceptors (Lipinski definition) is 6. The first-order chi connectivity index (χ1) is 10.7. The second-order valence-corrected chi connectivity index (χ2v) is 5.47. The molecule has 1 heterocycles. The summed E-state index contributed by atoms with van der Waals surface area (Å²) >= 11 is 1.59. The maximum absolute atomic E-state index is 11.9. The third kappa shape index (κ3) is 5.00. The van der Waals surface area contributed by atoms with Gasteiger partial charge < -0.3 is 9.84 Å². The van der Waals surface area contributed by atoms with Gasteiger partial charge in [-0.1, -0.05) is 35.5 Å². The van der Waals surface area contributed by atoms with Gasteiger partial charge in [0, 0.05) is 18.4 Å². The first kappa shape index (κ1) is 16.2. The standard InChI is InChI=1S/C15H17N3O3S/c1-22-10-13-17-15(21-18-13)9-16-14(20)8-7-12(19)11-5-3-2-4-6-11/h2-6H,7-10H2,1H3,(H,16,20). The first-order valence-corrected chi connectivity index (χ1v) is 8.23. The number of amides is 1. The summed E-state index contributed by atoms with van der Waals surface area (Å²) in [7, 11) is 0. The van der Waals surface area contributed by atoms with Gasteiger partial charge in [-0.25, -0.2) is 0 Å². The van der Waals surface area contributed by atoms with Crippen LogP contribution in [0.4, 0.5) is 0 Å². The predicted molar refractivity (Wildman–Crippen MR) is 83.4 cm³/mol. The molecule has 22 heavy (non-hydrogen) atoms. The van der Waals surface area contributed by atoms with E-state index in [1.54, 1.807) is 36.0 Å². The summed E-state index contributed by atoms with van der Waals surface area (Å²) in [6.07, 6.45) is 2.26. The summed E-state index contributed by atoms with van der Waals surface area (Å²) in [5.74, 6) is 1.38. The molecule has 2 rings (SSSR count). The number of carbonyl (C=O) groups excluding carboxylic acids is 2. The van der Waals surface area contributed by atoms with Crippen LogP contribution in [0, 0.1) is 0 Å². The van der Waals surface area contributed by atoms with Crippen LogP contribution in [0.2, 0.25) is 0 Å². The molecule has 0 atom stereocenters. The molecule has 6 nitrogen and oxygen atoms in total. The van der Waals surface area contributed by atoms with E-state index in [1.807, 2.05) is 12.3 Å². The van der Waals surface area contributed by atoms with E-state index >= 15 is 0 Å². The minimum atomic E-state index is -0.214. The van der Waals surface area contributed by atoms with Gasteiger partial charge in [0.25, 0.3) is 0 Å². The molecule has 1 aromatic carbocycles. The number of benzene rings is 1. The van der Waals surface area contributed by atoms with Crippen molar-refractivity contribution < 1.29 is 14.1 Å². The lowest BCUT2D eigenvalue weighted by Gasteiger charge is -2.02.